The standard InChI is InChI=1S/6C10H12O2.4C3H8.5CH4/c3*1-8-2-4-9(5-3-8)11-6-10-7-12-10;3*1-8-4-2-3-5-10(8)12-7-9-6-11-9;4*1-3-2;;;;;/h3*2-5,10H,6-7H2,1H3;3*2-5,9H,6-7H2,1H3;4*3H2,1-2H3;5*1H4. The molecule has 0 aromatic heterocycles. The van der Waals surface area contributed by atoms with E-state index in [0.717, 1.165) is 74.1 Å². The number of hydrogen-bond donors (Lipinski definition) is 0. The third kappa shape index (κ3) is 47.5. The first kappa shape index (κ1) is 87.1. The summed E-state index contributed by atoms with van der Waals surface area (Å²) in [6.07, 6.45) is 7.03. The van der Waals surface area contributed by atoms with Crippen LogP contribution in [-0.2, 0) is 28.4 Å². The first-order valence-electron chi connectivity index (χ1n) is 30.6. The van der Waals surface area contributed by atoms with Crippen LogP contribution >= 0.6 is 0 Å². The lowest BCUT2D eigenvalue weighted by atomic mass is 10.2. The van der Waals surface area contributed by atoms with Gasteiger partial charge < -0.3 is 56.8 Å². The van der Waals surface area contributed by atoms with Crippen LogP contribution in [0.3, 0.4) is 0 Å². The van der Waals surface area contributed by atoms with Crippen molar-refractivity contribution in [2.24, 2.45) is 0 Å². The highest BCUT2D eigenvalue weighted by Crippen LogP contribution is 2.22. The molecule has 0 spiro atoms. The van der Waals surface area contributed by atoms with E-state index in [1.54, 1.807) is 0 Å². The zero-order valence-electron chi connectivity index (χ0n) is 53.5. The van der Waals surface area contributed by atoms with Crippen LogP contribution in [-0.4, -0.2) is 116 Å². The van der Waals surface area contributed by atoms with Gasteiger partial charge in [-0.15, -0.1) is 0 Å². The average Bonchev–Trinajstić information content (AvgIpc) is 4.42. The quantitative estimate of drug-likeness (QED) is 0.0759. The van der Waals surface area contributed by atoms with E-state index in [0.29, 0.717) is 76.3 Å². The molecular weight excluding hydrogens is 1120 g/mol. The van der Waals surface area contributed by atoms with Gasteiger partial charge >= 0.3 is 0 Å². The molecule has 0 N–H and O–H groups in total. The largest absolute Gasteiger partial charge is 0.491 e. The Labute approximate surface area is 543 Å². The molecule has 0 bridgehead atoms. The molecule has 6 aromatic rings. The molecule has 6 aromatic carbocycles. The maximum atomic E-state index is 5.54. The summed E-state index contributed by atoms with van der Waals surface area (Å²) in [6, 6.07) is 48.2. The normalized spacial score (nSPS) is 17.5. The van der Waals surface area contributed by atoms with Gasteiger partial charge in [-0.3, -0.25) is 0 Å². The summed E-state index contributed by atoms with van der Waals surface area (Å²) in [5.41, 5.74) is 7.30. The van der Waals surface area contributed by atoms with Crippen molar-refractivity contribution in [2.45, 2.75) is 196 Å². The second kappa shape index (κ2) is 53.7. The molecule has 0 amide bonds. The predicted octanol–water partition coefficient (Wildman–Crippen LogP) is 19.5. The van der Waals surface area contributed by atoms with Gasteiger partial charge in [0.25, 0.3) is 0 Å². The molecule has 6 heterocycles. The zero-order valence-corrected chi connectivity index (χ0v) is 53.5. The van der Waals surface area contributed by atoms with Crippen molar-refractivity contribution in [2.75, 3.05) is 79.3 Å². The predicted molar refractivity (Wildman–Crippen MR) is 376 cm³/mol. The van der Waals surface area contributed by atoms with Crippen molar-refractivity contribution < 1.29 is 56.8 Å². The highest BCUT2D eigenvalue weighted by molar-refractivity contribution is 5.34. The van der Waals surface area contributed by atoms with E-state index in [1.165, 1.54) is 59.1 Å². The van der Waals surface area contributed by atoms with Gasteiger partial charge in [0.2, 0.25) is 0 Å². The van der Waals surface area contributed by atoms with Gasteiger partial charge in [0.05, 0.1) is 39.6 Å². The first-order valence-corrected chi connectivity index (χ1v) is 30.6. The molecule has 6 atom stereocenters. The SMILES string of the molecule is C.C.C.C.C.CCC.CCC.CCC.CCC.Cc1ccc(OCC2CO2)cc1.Cc1ccc(OCC2CO2)cc1.Cc1ccc(OCC2CO2)cc1.Cc1ccccc1OCC1CO1.Cc1ccccc1OCC1CO1.Cc1ccccc1OCC1CO1. The third-order valence-corrected chi connectivity index (χ3v) is 11.3. The fourth-order valence-electron chi connectivity index (χ4n) is 6.16. The summed E-state index contributed by atoms with van der Waals surface area (Å²) in [7, 11) is 0. The van der Waals surface area contributed by atoms with Crippen molar-refractivity contribution in [1.82, 2.24) is 0 Å². The van der Waals surface area contributed by atoms with Gasteiger partial charge in [-0.25, -0.2) is 0 Å². The number of benzene rings is 6. The fourth-order valence-corrected chi connectivity index (χ4v) is 6.16. The summed E-state index contributed by atoms with van der Waals surface area (Å²) in [5, 5.41) is 0. The molecular formula is C77H124O12. The van der Waals surface area contributed by atoms with Crippen LogP contribution < -0.4 is 28.4 Å². The maximum Gasteiger partial charge on any atom is 0.122 e. The maximum absolute atomic E-state index is 5.54. The van der Waals surface area contributed by atoms with Crippen molar-refractivity contribution in [1.29, 1.82) is 0 Å². The number of epoxide rings is 6. The number of ether oxygens (including phenoxy) is 12. The molecule has 0 saturated carbocycles. The minimum absolute atomic E-state index is 0. The lowest BCUT2D eigenvalue weighted by molar-refractivity contribution is 0.262. The summed E-state index contributed by atoms with van der Waals surface area (Å²) in [4.78, 5) is 0. The number of aryl methyl sites for hydroxylation is 6. The molecule has 6 saturated heterocycles. The zero-order chi connectivity index (χ0) is 61.2. The van der Waals surface area contributed by atoms with E-state index in [-0.39, 0.29) is 37.1 Å². The van der Waals surface area contributed by atoms with Gasteiger partial charge in [-0.2, -0.15) is 0 Å². The second-order valence-electron chi connectivity index (χ2n) is 21.2. The molecule has 0 aliphatic carbocycles. The summed E-state index contributed by atoms with van der Waals surface area (Å²) < 4.78 is 63.2. The Balaban J connectivity index is -0.000000951. The van der Waals surface area contributed by atoms with E-state index in [9.17, 15) is 0 Å². The van der Waals surface area contributed by atoms with Crippen LogP contribution in [0.5, 0.6) is 34.5 Å². The van der Waals surface area contributed by atoms with Gasteiger partial charge in [0.1, 0.15) is 111 Å². The minimum atomic E-state index is 0. The molecule has 89 heavy (non-hydrogen) atoms. The van der Waals surface area contributed by atoms with Crippen molar-refractivity contribution in [3.63, 3.8) is 0 Å². The molecule has 504 valence electrons. The van der Waals surface area contributed by atoms with Crippen LogP contribution in [0, 0.1) is 41.5 Å². The Bertz CT molecular complexity index is 2230. The number of hydrogen-bond acceptors (Lipinski definition) is 12. The smallest absolute Gasteiger partial charge is 0.122 e. The Morgan fingerprint density at radius 1 is 0.258 bits per heavy atom. The van der Waals surface area contributed by atoms with E-state index in [2.05, 4.69) is 76.2 Å². The van der Waals surface area contributed by atoms with E-state index in [4.69, 9.17) is 56.8 Å². The molecule has 6 aliphatic rings. The molecule has 6 aliphatic heterocycles. The van der Waals surface area contributed by atoms with Crippen LogP contribution in [0.25, 0.3) is 0 Å². The Kier molecular flexibility index (Phi) is 52.5. The Hall–Kier alpha value is -6.12. The first-order chi connectivity index (χ1) is 40.8. The summed E-state index contributed by atoms with van der Waals surface area (Å²) in [6.45, 7) is 38.5. The Morgan fingerprint density at radius 3 is 0.573 bits per heavy atom. The number of para-hydroxylation sites is 3. The second-order valence-corrected chi connectivity index (χ2v) is 21.2. The van der Waals surface area contributed by atoms with Crippen LogP contribution in [0.2, 0.25) is 0 Å². The highest BCUT2D eigenvalue weighted by Gasteiger charge is 2.26. The van der Waals surface area contributed by atoms with Crippen LogP contribution in [0.15, 0.2) is 146 Å². The molecule has 0 radical (unpaired) electrons. The lowest BCUT2D eigenvalue weighted by Crippen LogP contribution is -2.04. The van der Waals surface area contributed by atoms with E-state index in [1.807, 2.05) is 166 Å². The topological polar surface area (TPSA) is 131 Å². The summed E-state index contributed by atoms with van der Waals surface area (Å²) in [5.74, 6) is 5.68. The monoisotopic (exact) mass is 1240 g/mol. The summed E-state index contributed by atoms with van der Waals surface area (Å²) >= 11 is 0. The van der Waals surface area contributed by atoms with Crippen molar-refractivity contribution in [3.05, 3.63) is 179 Å². The fraction of sp³-hybridized carbons (Fsp3) is 0.532. The number of rotatable bonds is 18. The lowest BCUT2D eigenvalue weighted by Gasteiger charge is -2.06. The third-order valence-electron chi connectivity index (χ3n) is 11.3. The van der Waals surface area contributed by atoms with Crippen molar-refractivity contribution >= 4 is 0 Å². The van der Waals surface area contributed by atoms with Gasteiger partial charge in [-0.1, -0.05) is 226 Å². The minimum Gasteiger partial charge on any atom is -0.491 e. The highest BCUT2D eigenvalue weighted by atomic mass is 16.6. The Morgan fingerprint density at radius 2 is 0.416 bits per heavy atom. The van der Waals surface area contributed by atoms with E-state index < -0.39 is 0 Å². The van der Waals surface area contributed by atoms with Crippen LogP contribution in [0.1, 0.15) is 152 Å². The van der Waals surface area contributed by atoms with Crippen LogP contribution in [0.4, 0.5) is 0 Å². The van der Waals surface area contributed by atoms with Gasteiger partial charge in [0, 0.05) is 0 Å². The molecule has 12 rings (SSSR count). The van der Waals surface area contributed by atoms with Gasteiger partial charge in [0.15, 0.2) is 0 Å². The van der Waals surface area contributed by atoms with E-state index >= 15 is 0 Å². The average molecular weight is 1240 g/mol. The van der Waals surface area contributed by atoms with Gasteiger partial charge in [-0.05, 0) is 113 Å². The molecule has 12 nitrogen and oxygen atoms in total. The molecule has 12 heteroatoms. The van der Waals surface area contributed by atoms with Crippen molar-refractivity contribution in [3.8, 4) is 34.5 Å². The molecule has 6 unspecified atom stereocenters. The molecule has 6 fully saturated rings.